The molecular weight excluding hydrogens is 544 g/mol. The first-order valence-corrected chi connectivity index (χ1v) is 19.5. The minimum absolute atomic E-state index is 0.0230. The van der Waals surface area contributed by atoms with Crippen molar-refractivity contribution in [3.63, 3.8) is 0 Å². The summed E-state index contributed by atoms with van der Waals surface area (Å²) in [6, 6.07) is 7.87. The summed E-state index contributed by atoms with van der Waals surface area (Å²) in [7, 11) is -4.40. The van der Waals surface area contributed by atoms with E-state index in [1.54, 1.807) is 6.20 Å². The Balaban J connectivity index is 2.14. The first-order valence-electron chi connectivity index (χ1n) is 13.6. The average Bonchev–Trinajstić information content (AvgIpc) is 3.26. The minimum atomic E-state index is -2.26. The molecule has 11 heteroatoms. The molecule has 0 fully saturated rings. The molecule has 40 heavy (non-hydrogen) atoms. The van der Waals surface area contributed by atoms with Crippen molar-refractivity contribution < 1.29 is 18.2 Å². The molecule has 0 radical (unpaired) electrons. The molecule has 0 saturated heterocycles. The second-order valence-electron chi connectivity index (χ2n) is 13.3. The van der Waals surface area contributed by atoms with Gasteiger partial charge in [-0.05, 0) is 60.4 Å². The molecule has 8 nitrogen and oxygen atoms in total. The molecule has 1 aromatic heterocycles. The predicted molar refractivity (Wildman–Crippen MR) is 163 cm³/mol. The fraction of sp³-hybridized carbons (Fsp3) is 0.517. The molecule has 0 aliphatic rings. The van der Waals surface area contributed by atoms with Gasteiger partial charge < -0.3 is 8.85 Å². The highest BCUT2D eigenvalue weighted by molar-refractivity contribution is 6.75. The molecule has 0 atom stereocenters. The fourth-order valence-corrected chi connectivity index (χ4v) is 5.72. The van der Waals surface area contributed by atoms with Crippen LogP contribution >= 0.6 is 0 Å². The van der Waals surface area contributed by atoms with E-state index in [4.69, 9.17) is 8.85 Å². The highest BCUT2D eigenvalue weighted by Gasteiger charge is 2.41. The van der Waals surface area contributed by atoms with E-state index in [0.29, 0.717) is 11.4 Å². The highest BCUT2D eigenvalue weighted by atomic mass is 28.4. The van der Waals surface area contributed by atoms with Crippen LogP contribution in [0, 0.1) is 15.9 Å². The van der Waals surface area contributed by atoms with Gasteiger partial charge in [-0.1, -0.05) is 59.7 Å². The second kappa shape index (κ2) is 11.1. The summed E-state index contributed by atoms with van der Waals surface area (Å²) in [6.07, 6.45) is 2.42. The number of nitrogens with zero attached hydrogens (tertiary/aromatic N) is 4. The van der Waals surface area contributed by atoms with E-state index in [9.17, 15) is 14.5 Å². The number of hydrogen-bond acceptors (Lipinski definition) is 6. The first-order chi connectivity index (χ1) is 18.3. The van der Waals surface area contributed by atoms with E-state index >= 15 is 0 Å². The molecule has 218 valence electrons. The van der Waals surface area contributed by atoms with Gasteiger partial charge in [0.15, 0.2) is 0 Å². The van der Waals surface area contributed by atoms with Crippen LogP contribution in [0.3, 0.4) is 0 Å². The Bertz CT molecular complexity index is 1390. The fourth-order valence-electron chi connectivity index (χ4n) is 3.65. The van der Waals surface area contributed by atoms with Gasteiger partial charge in [0.25, 0.3) is 14.0 Å². The molecule has 1 heterocycles. The van der Waals surface area contributed by atoms with Gasteiger partial charge in [-0.3, -0.25) is 10.1 Å². The zero-order valence-corrected chi connectivity index (χ0v) is 27.7. The first kappa shape index (κ1) is 31.5. The van der Waals surface area contributed by atoms with Crippen LogP contribution in [0.15, 0.2) is 36.5 Å². The third-order valence-electron chi connectivity index (χ3n) is 8.31. The van der Waals surface area contributed by atoms with Gasteiger partial charge in [-0.2, -0.15) is 0 Å². The van der Waals surface area contributed by atoms with Crippen LogP contribution in [0.25, 0.3) is 11.3 Å². The Morgan fingerprint density at radius 2 is 1.55 bits per heavy atom. The van der Waals surface area contributed by atoms with Crippen molar-refractivity contribution in [2.24, 2.45) is 0 Å². The van der Waals surface area contributed by atoms with E-state index in [-0.39, 0.29) is 27.9 Å². The molecule has 2 aromatic carbocycles. The smallest absolute Gasteiger partial charge is 0.277 e. The van der Waals surface area contributed by atoms with Crippen molar-refractivity contribution in [2.45, 2.75) is 97.7 Å². The van der Waals surface area contributed by atoms with Crippen molar-refractivity contribution in [1.29, 1.82) is 0 Å². The molecule has 0 amide bonds. The zero-order chi connectivity index (χ0) is 30.3. The molecule has 0 aliphatic heterocycles. The van der Waals surface area contributed by atoms with Gasteiger partial charge in [-0.15, -0.1) is 5.10 Å². The SMILES string of the molecule is CCc1cc(-c2cn(Cc3c(F)cccc3[N+](=O)[O-])nn2)c(O[Si](C)(C)C(C)(C)C)cc1O[Si](C)(C)C(C)(C)C. The molecule has 3 aromatic rings. The van der Waals surface area contributed by atoms with Crippen molar-refractivity contribution >= 4 is 22.3 Å². The van der Waals surface area contributed by atoms with Gasteiger partial charge in [-0.25, -0.2) is 9.07 Å². The molecule has 0 saturated carbocycles. The van der Waals surface area contributed by atoms with E-state index in [1.165, 1.54) is 22.9 Å². The monoisotopic (exact) mass is 586 g/mol. The molecular formula is C29H43FN4O4Si2. The number of benzene rings is 2. The highest BCUT2D eigenvalue weighted by Crippen LogP contribution is 2.44. The normalized spacial score (nSPS) is 12.9. The summed E-state index contributed by atoms with van der Waals surface area (Å²) in [5.41, 5.74) is 2.00. The van der Waals surface area contributed by atoms with Crippen LogP contribution in [-0.4, -0.2) is 36.6 Å². The lowest BCUT2D eigenvalue weighted by Gasteiger charge is -2.39. The Morgan fingerprint density at radius 1 is 0.975 bits per heavy atom. The Kier molecular flexibility index (Phi) is 8.72. The second-order valence-corrected chi connectivity index (χ2v) is 22.8. The number of nitro groups is 1. The molecule has 0 unspecified atom stereocenters. The van der Waals surface area contributed by atoms with Crippen molar-refractivity contribution in [1.82, 2.24) is 15.0 Å². The maximum absolute atomic E-state index is 14.6. The Morgan fingerprint density at radius 3 is 2.08 bits per heavy atom. The van der Waals surface area contributed by atoms with Crippen LogP contribution < -0.4 is 8.85 Å². The Hall–Kier alpha value is -3.06. The van der Waals surface area contributed by atoms with Crippen molar-refractivity contribution in [3.8, 4) is 22.8 Å². The summed E-state index contributed by atoms with van der Waals surface area (Å²) in [5, 5.41) is 20.0. The third-order valence-corrected chi connectivity index (χ3v) is 17.0. The molecule has 0 bridgehead atoms. The van der Waals surface area contributed by atoms with Gasteiger partial charge >= 0.3 is 0 Å². The maximum atomic E-state index is 14.6. The van der Waals surface area contributed by atoms with Crippen LogP contribution in [0.2, 0.25) is 36.3 Å². The zero-order valence-electron chi connectivity index (χ0n) is 25.7. The number of nitro benzene ring substituents is 1. The van der Waals surface area contributed by atoms with Crippen LogP contribution in [0.5, 0.6) is 11.5 Å². The number of hydrogen-bond donors (Lipinski definition) is 0. The quantitative estimate of drug-likeness (QED) is 0.142. The van der Waals surface area contributed by atoms with Gasteiger partial charge in [0, 0.05) is 17.7 Å². The molecule has 3 rings (SSSR count). The molecule has 0 N–H and O–H groups in total. The maximum Gasteiger partial charge on any atom is 0.277 e. The average molecular weight is 587 g/mol. The lowest BCUT2D eigenvalue weighted by atomic mass is 10.0. The Labute approximate surface area is 239 Å². The van der Waals surface area contributed by atoms with Crippen LogP contribution in [-0.2, 0) is 13.0 Å². The van der Waals surface area contributed by atoms with Crippen molar-refractivity contribution in [2.75, 3.05) is 0 Å². The van der Waals surface area contributed by atoms with E-state index in [1.807, 2.05) is 12.1 Å². The summed E-state index contributed by atoms with van der Waals surface area (Å²) in [5.74, 6) is 0.830. The van der Waals surface area contributed by atoms with E-state index in [2.05, 4.69) is 85.0 Å². The van der Waals surface area contributed by atoms with Crippen LogP contribution in [0.1, 0.15) is 59.6 Å². The summed E-state index contributed by atoms with van der Waals surface area (Å²) in [4.78, 5) is 10.9. The van der Waals surface area contributed by atoms with Gasteiger partial charge in [0.05, 0.1) is 23.2 Å². The summed E-state index contributed by atoms with van der Waals surface area (Å²) < 4.78 is 29.6. The molecule has 0 aliphatic carbocycles. The number of aromatic nitrogens is 3. The standard InChI is InChI=1S/C29H43FN4O4Si2/c1-12-20-16-21(24-19-33(32-31-24)18-22-23(30)14-13-15-25(22)34(35)36)27(38-40(10,11)29(5,6)7)17-26(20)37-39(8,9)28(2,3)4/h13-17,19H,12,18H2,1-11H3. The number of aryl methyl sites for hydroxylation is 1. The predicted octanol–water partition coefficient (Wildman–Crippen LogP) is 8.37. The third kappa shape index (κ3) is 6.63. The lowest BCUT2D eigenvalue weighted by Crippen LogP contribution is -2.44. The lowest BCUT2D eigenvalue weighted by molar-refractivity contribution is -0.385. The molecule has 0 spiro atoms. The summed E-state index contributed by atoms with van der Waals surface area (Å²) >= 11 is 0. The van der Waals surface area contributed by atoms with Gasteiger partial charge in [0.1, 0.15) is 23.0 Å². The topological polar surface area (TPSA) is 92.3 Å². The number of halogens is 1. The van der Waals surface area contributed by atoms with Gasteiger partial charge in [0.2, 0.25) is 8.32 Å². The van der Waals surface area contributed by atoms with E-state index < -0.39 is 27.4 Å². The largest absolute Gasteiger partial charge is 0.543 e. The van der Waals surface area contributed by atoms with E-state index in [0.717, 1.165) is 23.3 Å². The minimum Gasteiger partial charge on any atom is -0.543 e. The van der Waals surface area contributed by atoms with Crippen molar-refractivity contribution in [3.05, 3.63) is 63.6 Å². The van der Waals surface area contributed by atoms with Crippen LogP contribution in [0.4, 0.5) is 10.1 Å². The summed E-state index contributed by atoms with van der Waals surface area (Å²) in [6.45, 7) is 24.0. The number of rotatable bonds is 9.